The zero-order chi connectivity index (χ0) is 22.9. The van der Waals surface area contributed by atoms with Gasteiger partial charge in [0.2, 0.25) is 5.91 Å². The van der Waals surface area contributed by atoms with Crippen LogP contribution in [0.25, 0.3) is 0 Å². The van der Waals surface area contributed by atoms with E-state index in [0.717, 1.165) is 5.69 Å². The summed E-state index contributed by atoms with van der Waals surface area (Å²) in [5.74, 6) is 0.0682. The Kier molecular flexibility index (Phi) is 7.64. The molecule has 0 spiro atoms. The maximum absolute atomic E-state index is 12.2. The van der Waals surface area contributed by atoms with Crippen LogP contribution in [0.15, 0.2) is 71.3 Å². The van der Waals surface area contributed by atoms with Crippen LogP contribution >= 0.6 is 0 Å². The van der Waals surface area contributed by atoms with Crippen molar-refractivity contribution in [3.05, 3.63) is 83.8 Å². The van der Waals surface area contributed by atoms with E-state index >= 15 is 0 Å². The van der Waals surface area contributed by atoms with Gasteiger partial charge in [0.15, 0.2) is 0 Å². The van der Waals surface area contributed by atoms with Crippen LogP contribution < -0.4 is 21.3 Å². The van der Waals surface area contributed by atoms with E-state index in [1.807, 2.05) is 13.8 Å². The number of benzene rings is 2. The summed E-state index contributed by atoms with van der Waals surface area (Å²) >= 11 is 0. The van der Waals surface area contributed by atoms with E-state index < -0.39 is 0 Å². The quantitative estimate of drug-likeness (QED) is 0.412. The molecule has 4 N–H and O–H groups in total. The van der Waals surface area contributed by atoms with Crippen LogP contribution in [0, 0.1) is 0 Å². The fourth-order valence-corrected chi connectivity index (χ4v) is 2.86. The molecule has 1 aromatic heterocycles. The number of anilines is 2. The number of nitrogens with one attached hydrogen (secondary N) is 4. The first-order valence-electron chi connectivity index (χ1n) is 10.3. The Bertz CT molecular complexity index is 1040. The Labute approximate surface area is 186 Å². The third-order valence-corrected chi connectivity index (χ3v) is 4.45. The first-order chi connectivity index (χ1) is 15.4. The number of furan rings is 1. The predicted molar refractivity (Wildman–Crippen MR) is 122 cm³/mol. The van der Waals surface area contributed by atoms with E-state index in [9.17, 15) is 14.4 Å². The summed E-state index contributed by atoms with van der Waals surface area (Å²) < 4.78 is 5.18. The molecule has 3 rings (SSSR count). The highest BCUT2D eigenvalue weighted by Crippen LogP contribution is 2.12. The molecule has 1 heterocycles. The van der Waals surface area contributed by atoms with Crippen molar-refractivity contribution in [1.82, 2.24) is 10.6 Å². The molecule has 0 bridgehead atoms. The summed E-state index contributed by atoms with van der Waals surface area (Å²) in [5.41, 5.74) is 2.35. The van der Waals surface area contributed by atoms with Gasteiger partial charge in [-0.3, -0.25) is 14.4 Å². The molecule has 3 aromatic rings. The molecule has 0 fully saturated rings. The summed E-state index contributed by atoms with van der Waals surface area (Å²) in [6.07, 6.45) is 1.55. The lowest BCUT2D eigenvalue weighted by molar-refractivity contribution is -0.114. The van der Waals surface area contributed by atoms with Gasteiger partial charge in [0.1, 0.15) is 5.76 Å². The molecule has 8 nitrogen and oxygen atoms in total. The van der Waals surface area contributed by atoms with Crippen LogP contribution in [0.5, 0.6) is 0 Å². The maximum Gasteiger partial charge on any atom is 0.251 e. The first-order valence-corrected chi connectivity index (χ1v) is 10.3. The number of hydrogen-bond acceptors (Lipinski definition) is 5. The number of carbonyl (C=O) groups excluding carboxylic acids is 3. The van der Waals surface area contributed by atoms with Gasteiger partial charge in [-0.15, -0.1) is 0 Å². The van der Waals surface area contributed by atoms with Gasteiger partial charge >= 0.3 is 0 Å². The molecule has 2 aromatic carbocycles. The highest BCUT2D eigenvalue weighted by molar-refractivity contribution is 5.97. The Hall–Kier alpha value is -4.07. The van der Waals surface area contributed by atoms with Gasteiger partial charge in [-0.2, -0.15) is 0 Å². The number of hydrogen-bond donors (Lipinski definition) is 4. The van der Waals surface area contributed by atoms with Crippen LogP contribution in [0.1, 0.15) is 40.3 Å². The third kappa shape index (κ3) is 6.73. The summed E-state index contributed by atoms with van der Waals surface area (Å²) in [7, 11) is 0. The molecule has 0 aliphatic rings. The van der Waals surface area contributed by atoms with E-state index in [1.54, 1.807) is 66.9 Å². The molecule has 32 heavy (non-hydrogen) atoms. The molecule has 0 atom stereocenters. The highest BCUT2D eigenvalue weighted by Gasteiger charge is 2.09. The molecule has 8 heteroatoms. The van der Waals surface area contributed by atoms with E-state index in [-0.39, 0.29) is 30.3 Å². The topological polar surface area (TPSA) is 112 Å². The second-order valence-corrected chi connectivity index (χ2v) is 7.45. The molecule has 0 aliphatic heterocycles. The van der Waals surface area contributed by atoms with Crippen molar-refractivity contribution in [2.24, 2.45) is 0 Å². The fourth-order valence-electron chi connectivity index (χ4n) is 2.86. The van der Waals surface area contributed by atoms with Crippen LogP contribution in [0.3, 0.4) is 0 Å². The van der Waals surface area contributed by atoms with E-state index in [2.05, 4.69) is 21.3 Å². The average molecular weight is 434 g/mol. The smallest absolute Gasteiger partial charge is 0.251 e. The molecule has 0 saturated carbocycles. The van der Waals surface area contributed by atoms with Crippen LogP contribution in [0.4, 0.5) is 11.4 Å². The Morgan fingerprint density at radius 1 is 0.844 bits per heavy atom. The zero-order valence-electron chi connectivity index (χ0n) is 18.0. The molecular weight excluding hydrogens is 408 g/mol. The van der Waals surface area contributed by atoms with Gasteiger partial charge in [0, 0.05) is 28.5 Å². The predicted octanol–water partition coefficient (Wildman–Crippen LogP) is 3.40. The van der Waals surface area contributed by atoms with Gasteiger partial charge in [0.05, 0.1) is 19.4 Å². The maximum atomic E-state index is 12.2. The lowest BCUT2D eigenvalue weighted by Crippen LogP contribution is -2.30. The van der Waals surface area contributed by atoms with E-state index in [4.69, 9.17) is 4.42 Å². The monoisotopic (exact) mass is 434 g/mol. The minimum absolute atomic E-state index is 0.0585. The average Bonchev–Trinajstić information content (AvgIpc) is 3.30. The van der Waals surface area contributed by atoms with E-state index in [0.29, 0.717) is 29.1 Å². The fraction of sp³-hybridized carbons (Fsp3) is 0.208. The van der Waals surface area contributed by atoms with Crippen molar-refractivity contribution < 1.29 is 18.8 Å². The Morgan fingerprint density at radius 3 is 2.06 bits per heavy atom. The highest BCUT2D eigenvalue weighted by atomic mass is 16.3. The minimum atomic E-state index is -0.235. The van der Waals surface area contributed by atoms with Gasteiger partial charge in [-0.1, -0.05) is 0 Å². The Balaban J connectivity index is 1.44. The van der Waals surface area contributed by atoms with Gasteiger partial charge in [-0.05, 0) is 74.5 Å². The summed E-state index contributed by atoms with van der Waals surface area (Å²) in [6, 6.07) is 17.1. The Morgan fingerprint density at radius 2 is 1.47 bits per heavy atom. The van der Waals surface area contributed by atoms with Crippen molar-refractivity contribution in [2.75, 3.05) is 17.2 Å². The minimum Gasteiger partial charge on any atom is -0.467 e. The number of carbonyl (C=O) groups is 3. The van der Waals surface area contributed by atoms with Crippen molar-refractivity contribution in [2.45, 2.75) is 26.4 Å². The zero-order valence-corrected chi connectivity index (χ0v) is 18.0. The summed E-state index contributed by atoms with van der Waals surface area (Å²) in [4.78, 5) is 36.4. The normalized spacial score (nSPS) is 10.5. The van der Waals surface area contributed by atoms with Gasteiger partial charge < -0.3 is 25.7 Å². The molecule has 0 radical (unpaired) electrons. The first kappa shape index (κ1) is 22.6. The van der Waals surface area contributed by atoms with Gasteiger partial charge in [0.25, 0.3) is 11.8 Å². The standard InChI is InChI=1S/C24H26N4O4/c1-16(2)27-24(31)18-5-9-19(10-6-18)25-15-22(29)28-20-11-7-17(8-12-20)23(30)26-14-21-4-3-13-32-21/h3-13,16,25H,14-15H2,1-2H3,(H,26,30)(H,27,31)(H,28,29). The molecule has 0 aliphatic carbocycles. The van der Waals surface area contributed by atoms with Crippen LogP contribution in [0.2, 0.25) is 0 Å². The summed E-state index contributed by atoms with van der Waals surface area (Å²) in [5, 5.41) is 11.4. The van der Waals surface area contributed by atoms with Crippen LogP contribution in [-0.4, -0.2) is 30.3 Å². The van der Waals surface area contributed by atoms with E-state index in [1.165, 1.54) is 0 Å². The molecule has 0 unspecified atom stereocenters. The second kappa shape index (κ2) is 10.8. The van der Waals surface area contributed by atoms with Gasteiger partial charge in [-0.25, -0.2) is 0 Å². The largest absolute Gasteiger partial charge is 0.467 e. The lowest BCUT2D eigenvalue weighted by atomic mass is 10.2. The lowest BCUT2D eigenvalue weighted by Gasteiger charge is -2.10. The molecule has 0 saturated heterocycles. The van der Waals surface area contributed by atoms with Crippen molar-refractivity contribution in [3.63, 3.8) is 0 Å². The second-order valence-electron chi connectivity index (χ2n) is 7.45. The van der Waals surface area contributed by atoms with Crippen molar-refractivity contribution in [3.8, 4) is 0 Å². The molecule has 166 valence electrons. The van der Waals surface area contributed by atoms with Crippen molar-refractivity contribution >= 4 is 29.1 Å². The van der Waals surface area contributed by atoms with Crippen LogP contribution in [-0.2, 0) is 11.3 Å². The SMILES string of the molecule is CC(C)NC(=O)c1ccc(NCC(=O)Nc2ccc(C(=O)NCc3ccco3)cc2)cc1. The number of amides is 3. The molecular formula is C24H26N4O4. The molecule has 3 amide bonds. The van der Waals surface area contributed by atoms with Crippen molar-refractivity contribution in [1.29, 1.82) is 0 Å². The number of rotatable bonds is 9. The summed E-state index contributed by atoms with van der Waals surface area (Å²) in [6.45, 7) is 4.16. The third-order valence-electron chi connectivity index (χ3n) is 4.45.